The number of carbonyl (C=O) groups is 4. The van der Waals surface area contributed by atoms with Crippen LogP contribution in [-0.4, -0.2) is 33.5 Å². The minimum Gasteiger partial charge on any atom is -0.274 e. The predicted molar refractivity (Wildman–Crippen MR) is 163 cm³/mol. The Morgan fingerprint density at radius 1 is 0.609 bits per heavy atom. The van der Waals surface area contributed by atoms with Crippen LogP contribution >= 0.6 is 0 Å². The molecule has 0 aromatic heterocycles. The number of allylic oxidation sites excluding steroid dienone is 4. The van der Waals surface area contributed by atoms with Crippen LogP contribution in [0.3, 0.4) is 0 Å². The fourth-order valence-electron chi connectivity index (χ4n) is 8.52. The van der Waals surface area contributed by atoms with Gasteiger partial charge in [-0.1, -0.05) is 60.2 Å². The maximum atomic E-state index is 14.3. The van der Waals surface area contributed by atoms with E-state index in [1.807, 2.05) is 42.5 Å². The predicted octanol–water partition coefficient (Wildman–Crippen LogP) is 4.70. The number of hydrogen-bond donors (Lipinski definition) is 0. The van der Waals surface area contributed by atoms with Crippen LogP contribution in [0, 0.1) is 61.7 Å². The number of fused-ring (bicyclic) bond motifs is 1. The van der Waals surface area contributed by atoms with E-state index in [1.54, 1.807) is 0 Å². The number of benzene rings is 3. The number of nitro groups is 2. The molecule has 2 aliphatic heterocycles. The van der Waals surface area contributed by atoms with Crippen molar-refractivity contribution in [3.63, 3.8) is 0 Å². The maximum Gasteiger partial charge on any atom is 0.271 e. The van der Waals surface area contributed by atoms with Crippen molar-refractivity contribution in [3.8, 4) is 0 Å². The lowest BCUT2D eigenvalue weighted by Crippen LogP contribution is -2.51. The molecule has 3 aromatic rings. The average Bonchev–Trinajstić information content (AvgIpc) is 3.49. The maximum absolute atomic E-state index is 14.3. The Kier molecular flexibility index (Phi) is 5.95. The zero-order valence-corrected chi connectivity index (χ0v) is 24.0. The highest BCUT2D eigenvalue weighted by atomic mass is 16.6. The third kappa shape index (κ3) is 3.73. The van der Waals surface area contributed by atoms with Gasteiger partial charge in [-0.15, -0.1) is 0 Å². The number of rotatable bonds is 5. The highest BCUT2D eigenvalue weighted by molar-refractivity contribution is 6.25. The normalized spacial score (nSPS) is 29.3. The lowest BCUT2D eigenvalue weighted by Gasteiger charge is -2.51. The van der Waals surface area contributed by atoms with Gasteiger partial charge >= 0.3 is 0 Å². The third-order valence-corrected chi connectivity index (χ3v) is 10.2. The van der Waals surface area contributed by atoms with Gasteiger partial charge in [-0.3, -0.25) is 39.4 Å². The number of nitrogens with zero attached hydrogens (tertiary/aromatic N) is 4. The van der Waals surface area contributed by atoms with Crippen LogP contribution in [0.25, 0.3) is 5.57 Å². The first-order valence-electron chi connectivity index (χ1n) is 14.9. The summed E-state index contributed by atoms with van der Waals surface area (Å²) in [6, 6.07) is 20.3. The van der Waals surface area contributed by atoms with E-state index in [4.69, 9.17) is 0 Å². The molecule has 2 heterocycles. The molecule has 6 aliphatic rings. The molecule has 9 rings (SSSR count). The van der Waals surface area contributed by atoms with Gasteiger partial charge in [0.15, 0.2) is 0 Å². The Morgan fingerprint density at radius 2 is 1.17 bits per heavy atom. The lowest BCUT2D eigenvalue weighted by molar-refractivity contribution is -0.385. The zero-order chi connectivity index (χ0) is 32.0. The van der Waals surface area contributed by atoms with Crippen molar-refractivity contribution >= 4 is 52.0 Å². The molecule has 4 amide bonds. The van der Waals surface area contributed by atoms with E-state index in [9.17, 15) is 39.4 Å². The Morgan fingerprint density at radius 3 is 1.78 bits per heavy atom. The summed E-state index contributed by atoms with van der Waals surface area (Å²) in [6.07, 6.45) is 4.02. The van der Waals surface area contributed by atoms with Gasteiger partial charge in [-0.05, 0) is 35.6 Å². The first-order chi connectivity index (χ1) is 22.2. The van der Waals surface area contributed by atoms with E-state index < -0.39 is 74.9 Å². The van der Waals surface area contributed by atoms with E-state index >= 15 is 0 Å². The number of anilines is 2. The van der Waals surface area contributed by atoms with Gasteiger partial charge in [-0.25, -0.2) is 9.80 Å². The van der Waals surface area contributed by atoms with Gasteiger partial charge in [0.2, 0.25) is 23.6 Å². The van der Waals surface area contributed by atoms with E-state index in [-0.39, 0.29) is 29.2 Å². The summed E-state index contributed by atoms with van der Waals surface area (Å²) in [7, 11) is 0. The number of carbonyl (C=O) groups excluding carboxylic acids is 4. The second-order valence-electron chi connectivity index (χ2n) is 12.3. The average molecular weight is 617 g/mol. The molecule has 2 bridgehead atoms. The highest BCUT2D eigenvalue weighted by Crippen LogP contribution is 2.63. The van der Waals surface area contributed by atoms with E-state index in [2.05, 4.69) is 0 Å². The van der Waals surface area contributed by atoms with Crippen LogP contribution in [0.2, 0.25) is 0 Å². The Balaban J connectivity index is 1.26. The minimum absolute atomic E-state index is 0.111. The van der Waals surface area contributed by atoms with Crippen LogP contribution in [0.1, 0.15) is 12.0 Å². The van der Waals surface area contributed by atoms with Gasteiger partial charge < -0.3 is 0 Å². The second-order valence-corrected chi connectivity index (χ2v) is 12.3. The first-order valence-corrected chi connectivity index (χ1v) is 14.9. The smallest absolute Gasteiger partial charge is 0.271 e. The van der Waals surface area contributed by atoms with Crippen molar-refractivity contribution in [2.45, 2.75) is 6.42 Å². The number of amides is 4. The highest BCUT2D eigenvalue weighted by Gasteiger charge is 2.67. The Bertz CT molecular complexity index is 1990. The molecule has 3 aromatic carbocycles. The molecule has 228 valence electrons. The SMILES string of the molecule is O=C1[C@@H]2[C@@H]3C=C[C@@H](C4=C(c5ccccc5)C[C@H]5C(=O)N(c6cccc([N+](=O)[O-])c6)C(=O)[C@@H]5[C@H]43)[C@H]2C(=O)N1c1cccc([N+](=O)[O-])c1. The minimum atomic E-state index is -0.845. The van der Waals surface area contributed by atoms with Gasteiger partial charge in [-0.2, -0.15) is 0 Å². The summed E-state index contributed by atoms with van der Waals surface area (Å²) in [5.41, 5.74) is 2.26. The molecule has 0 radical (unpaired) electrons. The van der Waals surface area contributed by atoms with Crippen LogP contribution in [0.5, 0.6) is 0 Å². The molecule has 7 atom stereocenters. The molecule has 2 saturated heterocycles. The van der Waals surface area contributed by atoms with Crippen molar-refractivity contribution in [1.82, 2.24) is 0 Å². The molecule has 12 heteroatoms. The summed E-state index contributed by atoms with van der Waals surface area (Å²) in [6.45, 7) is 0. The molecule has 0 N–H and O–H groups in total. The number of nitro benzene ring substituents is 2. The first kappa shape index (κ1) is 27.7. The van der Waals surface area contributed by atoms with Crippen molar-refractivity contribution in [3.05, 3.63) is 122 Å². The Hall–Kier alpha value is -5.78. The van der Waals surface area contributed by atoms with Gasteiger partial charge in [0.1, 0.15) is 0 Å². The summed E-state index contributed by atoms with van der Waals surface area (Å²) in [5.74, 6) is -6.84. The number of imide groups is 2. The monoisotopic (exact) mass is 616 g/mol. The lowest BCUT2D eigenvalue weighted by atomic mass is 9.49. The summed E-state index contributed by atoms with van der Waals surface area (Å²) in [4.78, 5) is 80.5. The molecular weight excluding hydrogens is 592 g/mol. The molecule has 4 aliphatic carbocycles. The second kappa shape index (κ2) is 9.86. The quantitative estimate of drug-likeness (QED) is 0.172. The van der Waals surface area contributed by atoms with Crippen molar-refractivity contribution in [2.75, 3.05) is 9.80 Å². The fourth-order valence-corrected chi connectivity index (χ4v) is 8.52. The zero-order valence-electron chi connectivity index (χ0n) is 24.0. The fraction of sp³-hybridized carbons (Fsp3) is 0.235. The van der Waals surface area contributed by atoms with Crippen LogP contribution in [0.4, 0.5) is 22.7 Å². The van der Waals surface area contributed by atoms with E-state index in [0.717, 1.165) is 26.5 Å². The van der Waals surface area contributed by atoms with E-state index in [0.29, 0.717) is 0 Å². The molecule has 1 saturated carbocycles. The molecule has 0 spiro atoms. The molecule has 12 nitrogen and oxygen atoms in total. The standard InChI is InChI=1S/C34H24N4O8/c39-31-25-16-24(17-6-2-1-3-7-17)26-22-12-13-23(27(26)30(25)34(42)35(31)18-8-4-10-20(14-18)37(43)44)29-28(22)32(40)36(33(29)41)19-9-5-11-21(15-19)38(45)46/h1-15,22-23,25,27-30H,16H2/t22-,23+,25+,27-,28+,29+,30-/m0/s1. The molecule has 0 unspecified atom stereocenters. The number of non-ortho nitro benzene ring substituents is 2. The molecule has 46 heavy (non-hydrogen) atoms. The van der Waals surface area contributed by atoms with Gasteiger partial charge in [0, 0.05) is 36.1 Å². The summed E-state index contributed by atoms with van der Waals surface area (Å²) < 4.78 is 0. The number of hydrogen-bond acceptors (Lipinski definition) is 8. The molecular formula is C34H24N4O8. The van der Waals surface area contributed by atoms with Crippen LogP contribution in [-0.2, 0) is 19.2 Å². The topological polar surface area (TPSA) is 161 Å². The van der Waals surface area contributed by atoms with Gasteiger partial charge in [0.25, 0.3) is 11.4 Å². The summed E-state index contributed by atoms with van der Waals surface area (Å²) >= 11 is 0. The van der Waals surface area contributed by atoms with Crippen molar-refractivity contribution in [1.29, 1.82) is 0 Å². The Labute approximate surface area is 260 Å². The van der Waals surface area contributed by atoms with Crippen LogP contribution in [0.15, 0.2) is 96.6 Å². The van der Waals surface area contributed by atoms with Gasteiger partial charge in [0.05, 0.1) is 44.9 Å². The summed E-state index contributed by atoms with van der Waals surface area (Å²) in [5, 5.41) is 23.0. The van der Waals surface area contributed by atoms with Crippen molar-refractivity contribution in [2.24, 2.45) is 41.4 Å². The third-order valence-electron chi connectivity index (χ3n) is 10.2. The van der Waals surface area contributed by atoms with Crippen molar-refractivity contribution < 1.29 is 29.0 Å². The van der Waals surface area contributed by atoms with E-state index in [1.165, 1.54) is 48.5 Å². The largest absolute Gasteiger partial charge is 0.274 e. The van der Waals surface area contributed by atoms with Crippen LogP contribution < -0.4 is 9.80 Å². The molecule has 3 fully saturated rings.